The van der Waals surface area contributed by atoms with E-state index in [1.807, 2.05) is 30.3 Å². The monoisotopic (exact) mass is 142 g/mol. The minimum absolute atomic E-state index is 0.400. The standard InChI is InChI=1S/C8H12Si/c9-7-6-8-4-2-1-3-5-8/h1-5H,6-7H2,9H3/i9T3. The van der Waals surface area contributed by atoms with Gasteiger partial charge in [-0.3, -0.25) is 0 Å². The molecule has 0 aliphatic rings. The lowest BCUT2D eigenvalue weighted by Gasteiger charge is -1.93. The maximum Gasteiger partial charge on any atom is 0.00730 e. The summed E-state index contributed by atoms with van der Waals surface area (Å²) < 4.78 is 21.5. The zero-order chi connectivity index (χ0) is 9.03. The highest BCUT2D eigenvalue weighted by Gasteiger charge is 1.84. The lowest BCUT2D eigenvalue weighted by molar-refractivity contribution is 1.13. The van der Waals surface area contributed by atoms with Gasteiger partial charge in [0.2, 0.25) is 0 Å². The van der Waals surface area contributed by atoms with Gasteiger partial charge in [-0.2, -0.15) is 0 Å². The van der Waals surface area contributed by atoms with Crippen LogP contribution in [0.15, 0.2) is 30.3 Å². The van der Waals surface area contributed by atoms with Gasteiger partial charge in [-0.15, -0.1) is 0 Å². The van der Waals surface area contributed by atoms with Gasteiger partial charge in [-0.1, -0.05) is 36.4 Å². The molecule has 9 heavy (non-hydrogen) atoms. The Morgan fingerprint density at radius 2 is 2.11 bits per heavy atom. The second-order valence-corrected chi connectivity index (χ2v) is 2.49. The summed E-state index contributed by atoms with van der Waals surface area (Å²) in [5.74, 6) is 0. The first-order valence-electron chi connectivity index (χ1n) is 4.62. The summed E-state index contributed by atoms with van der Waals surface area (Å²) in [7, 11) is -3.09. The molecule has 1 heteroatoms. The maximum atomic E-state index is 7.15. The minimum Gasteiger partial charge on any atom is -0.0622 e. The molecule has 0 aliphatic carbocycles. The van der Waals surface area contributed by atoms with Crippen LogP contribution in [0.4, 0.5) is 0 Å². The Bertz CT molecular complexity index is 230. The maximum absolute atomic E-state index is 7.15. The Hall–Kier alpha value is -0.563. The van der Waals surface area contributed by atoms with Crippen molar-refractivity contribution in [3.8, 4) is 0 Å². The van der Waals surface area contributed by atoms with Gasteiger partial charge < -0.3 is 0 Å². The Morgan fingerprint density at radius 3 is 2.78 bits per heavy atom. The van der Waals surface area contributed by atoms with Crippen LogP contribution in [0.25, 0.3) is 0 Å². The van der Waals surface area contributed by atoms with E-state index < -0.39 is 10.0 Å². The van der Waals surface area contributed by atoms with Crippen molar-refractivity contribution in [2.24, 2.45) is 0 Å². The highest BCUT2D eigenvalue weighted by Crippen LogP contribution is 1.99. The Morgan fingerprint density at radius 1 is 1.33 bits per heavy atom. The van der Waals surface area contributed by atoms with E-state index in [1.54, 1.807) is 0 Å². The first kappa shape index (κ1) is 3.57. The molecule has 0 saturated heterocycles. The van der Waals surface area contributed by atoms with Gasteiger partial charge in [0.15, 0.2) is 0 Å². The third-order valence-electron chi connectivity index (χ3n) is 1.26. The summed E-state index contributed by atoms with van der Waals surface area (Å²) in [4.78, 5) is 0. The molecular weight excluding hydrogens is 124 g/mol. The average molecular weight is 142 g/mol. The molecule has 0 saturated carbocycles. The SMILES string of the molecule is [3H][Si]([3H])([3H])CCc1ccccc1. The number of hydrogen-bond donors (Lipinski definition) is 0. The molecule has 1 rings (SSSR count). The van der Waals surface area contributed by atoms with Crippen molar-refractivity contribution in [2.75, 3.05) is 0 Å². The molecule has 0 nitrogen and oxygen atoms in total. The lowest BCUT2D eigenvalue weighted by atomic mass is 10.2. The van der Waals surface area contributed by atoms with Gasteiger partial charge in [0.05, 0.1) is 0 Å². The van der Waals surface area contributed by atoms with Crippen molar-refractivity contribution in [1.82, 2.24) is 0 Å². The van der Waals surface area contributed by atoms with E-state index in [1.165, 1.54) is 0 Å². The summed E-state index contributed by atoms with van der Waals surface area (Å²) in [6, 6.07) is 10.2. The van der Waals surface area contributed by atoms with Crippen LogP contribution in [0, 0.1) is 0 Å². The first-order chi connectivity index (χ1) is 5.58. The Labute approximate surface area is 63.0 Å². The van der Waals surface area contributed by atoms with E-state index in [2.05, 4.69) is 0 Å². The highest BCUT2D eigenvalue weighted by molar-refractivity contribution is 6.08. The summed E-state index contributed by atoms with van der Waals surface area (Å²) in [5, 5.41) is 0. The van der Waals surface area contributed by atoms with Crippen LogP contribution in [-0.2, 0) is 6.42 Å². The topological polar surface area (TPSA) is 0 Å². The first-order valence-corrected chi connectivity index (χ1v) is 3.82. The fourth-order valence-corrected chi connectivity index (χ4v) is 1.08. The van der Waals surface area contributed by atoms with Crippen molar-refractivity contribution in [3.05, 3.63) is 35.9 Å². The number of benzene rings is 1. The normalized spacial score (nSPS) is 15.8. The zero-order valence-electron chi connectivity index (χ0n) is 8.30. The number of rotatable bonds is 3. The van der Waals surface area contributed by atoms with Crippen molar-refractivity contribution >= 4 is 10.0 Å². The molecule has 0 heterocycles. The van der Waals surface area contributed by atoms with E-state index in [0.717, 1.165) is 5.56 Å². The van der Waals surface area contributed by atoms with E-state index in [9.17, 15) is 0 Å². The largest absolute Gasteiger partial charge is 0.0622 e. The molecule has 1 aromatic carbocycles. The summed E-state index contributed by atoms with van der Waals surface area (Å²) in [6.45, 7) is 0. The zero-order valence-corrected chi connectivity index (χ0v) is 6.30. The molecule has 0 spiro atoms. The fourth-order valence-electron chi connectivity index (χ4n) is 0.789. The summed E-state index contributed by atoms with van der Waals surface area (Å²) in [5.41, 5.74) is 1.13. The molecule has 0 N–H and O–H groups in total. The molecule has 0 aromatic heterocycles. The van der Waals surface area contributed by atoms with Crippen molar-refractivity contribution in [2.45, 2.75) is 12.5 Å². The van der Waals surface area contributed by atoms with E-state index in [0.29, 0.717) is 12.5 Å². The van der Waals surface area contributed by atoms with E-state index in [4.69, 9.17) is 3.70 Å². The fraction of sp³-hybridized carbons (Fsp3) is 0.250. The second-order valence-electron chi connectivity index (χ2n) is 1.99. The predicted octanol–water partition coefficient (Wildman–Crippen LogP) is 1.01. The van der Waals surface area contributed by atoms with E-state index >= 15 is 0 Å². The molecule has 0 unspecified atom stereocenters. The molecule has 0 atom stereocenters. The average Bonchev–Trinajstić information content (AvgIpc) is 2.02. The molecule has 48 valence electrons. The van der Waals surface area contributed by atoms with Gasteiger partial charge in [0.25, 0.3) is 0 Å². The highest BCUT2D eigenvalue weighted by atomic mass is 28.1. The minimum atomic E-state index is -3.09. The Kier molecular flexibility index (Phi) is 1.37. The van der Waals surface area contributed by atoms with Gasteiger partial charge in [0.1, 0.15) is 0 Å². The van der Waals surface area contributed by atoms with Crippen LogP contribution < -0.4 is 0 Å². The molecule has 0 radical (unpaired) electrons. The van der Waals surface area contributed by atoms with E-state index in [-0.39, 0.29) is 0 Å². The van der Waals surface area contributed by atoms with Crippen LogP contribution in [-0.4, -0.2) is 13.7 Å². The smallest absolute Gasteiger partial charge is 0.00730 e. The molecule has 0 fully saturated rings. The van der Waals surface area contributed by atoms with Crippen molar-refractivity contribution in [3.63, 3.8) is 0 Å². The molecule has 0 aliphatic heterocycles. The van der Waals surface area contributed by atoms with Crippen molar-refractivity contribution in [1.29, 1.82) is 3.70 Å². The summed E-state index contributed by atoms with van der Waals surface area (Å²) in [6.07, 6.45) is 0.698. The van der Waals surface area contributed by atoms with Crippen LogP contribution in [0.3, 0.4) is 0 Å². The van der Waals surface area contributed by atoms with Crippen LogP contribution in [0.5, 0.6) is 0 Å². The van der Waals surface area contributed by atoms with Crippen molar-refractivity contribution < 1.29 is 0 Å². The quantitative estimate of drug-likeness (QED) is 0.553. The Balaban J connectivity index is 2.44. The predicted molar refractivity (Wildman–Crippen MR) is 44.9 cm³/mol. The molecule has 0 bridgehead atoms. The third kappa shape index (κ3) is 2.02. The number of aryl methyl sites for hydroxylation is 1. The van der Waals surface area contributed by atoms with Crippen LogP contribution >= 0.6 is 0 Å². The molecule has 1 aromatic rings. The van der Waals surface area contributed by atoms with Gasteiger partial charge in [-0.25, -0.2) is 0 Å². The lowest BCUT2D eigenvalue weighted by Crippen LogP contribution is -1.80. The molecular formula is C8H12Si. The second kappa shape index (κ2) is 3.46. The third-order valence-corrected chi connectivity index (χ3v) is 1.51. The van der Waals surface area contributed by atoms with Crippen LogP contribution in [0.2, 0.25) is 6.04 Å². The van der Waals surface area contributed by atoms with Gasteiger partial charge >= 0.3 is 0 Å². The van der Waals surface area contributed by atoms with Gasteiger partial charge in [-0.05, 0) is 12.0 Å². The number of hydrogen-bond acceptors (Lipinski definition) is 0. The summed E-state index contributed by atoms with van der Waals surface area (Å²) >= 11 is 0. The molecule has 0 amide bonds. The van der Waals surface area contributed by atoms with Gasteiger partial charge in [0, 0.05) is 13.7 Å². The van der Waals surface area contributed by atoms with Crippen LogP contribution in [0.1, 0.15) is 5.56 Å².